The maximum atomic E-state index is 11.7. The third-order valence-corrected chi connectivity index (χ3v) is 2.60. The predicted molar refractivity (Wildman–Crippen MR) is 64.2 cm³/mol. The second kappa shape index (κ2) is 4.80. The average molecular weight is 225 g/mol. The lowest BCUT2D eigenvalue weighted by Gasteiger charge is -2.16. The smallest absolute Gasteiger partial charge is 0.138 e. The van der Waals surface area contributed by atoms with E-state index in [2.05, 4.69) is 0 Å². The molecule has 0 saturated heterocycles. The summed E-state index contributed by atoms with van der Waals surface area (Å²) < 4.78 is 0. The van der Waals surface area contributed by atoms with Crippen LogP contribution in [0.2, 0.25) is 5.02 Å². The molecule has 0 aromatic heterocycles. The van der Waals surface area contributed by atoms with Crippen LogP contribution in [-0.4, -0.2) is 5.78 Å². The van der Waals surface area contributed by atoms with E-state index in [0.717, 1.165) is 17.0 Å². The molecule has 0 bridgehead atoms. The van der Waals surface area contributed by atoms with Crippen molar-refractivity contribution < 1.29 is 4.79 Å². The van der Waals surface area contributed by atoms with Gasteiger partial charge in [0.05, 0.1) is 0 Å². The molecular weight excluding hydrogens is 208 g/mol. The zero-order chi connectivity index (χ0) is 11.5. The van der Waals surface area contributed by atoms with Gasteiger partial charge in [-0.1, -0.05) is 44.5 Å². The molecule has 15 heavy (non-hydrogen) atoms. The standard InChI is InChI=1S/C13H17ClO/c1-13(2,3)12(15)8-7-10-5-4-6-11(14)9-10/h4-6,9H,7-8H2,1-3H3. The molecule has 1 aromatic carbocycles. The monoisotopic (exact) mass is 224 g/mol. The fraction of sp³-hybridized carbons (Fsp3) is 0.462. The van der Waals surface area contributed by atoms with E-state index in [-0.39, 0.29) is 5.41 Å². The number of hydrogen-bond acceptors (Lipinski definition) is 1. The van der Waals surface area contributed by atoms with Crippen LogP contribution in [0.25, 0.3) is 0 Å². The minimum Gasteiger partial charge on any atom is -0.299 e. The average Bonchev–Trinajstić information content (AvgIpc) is 2.12. The number of halogens is 1. The zero-order valence-electron chi connectivity index (χ0n) is 9.51. The Morgan fingerprint density at radius 1 is 1.33 bits per heavy atom. The Labute approximate surface area is 96.5 Å². The molecule has 1 nitrogen and oxygen atoms in total. The summed E-state index contributed by atoms with van der Waals surface area (Å²) in [5.41, 5.74) is 0.888. The van der Waals surface area contributed by atoms with Gasteiger partial charge in [0.25, 0.3) is 0 Å². The topological polar surface area (TPSA) is 17.1 Å². The van der Waals surface area contributed by atoms with Gasteiger partial charge in [-0.05, 0) is 24.1 Å². The molecule has 0 saturated carbocycles. The Morgan fingerprint density at radius 2 is 2.00 bits per heavy atom. The largest absolute Gasteiger partial charge is 0.299 e. The van der Waals surface area contributed by atoms with Gasteiger partial charge in [-0.15, -0.1) is 0 Å². The Kier molecular flexibility index (Phi) is 3.92. The van der Waals surface area contributed by atoms with Gasteiger partial charge in [0.1, 0.15) is 5.78 Å². The van der Waals surface area contributed by atoms with Crippen molar-refractivity contribution >= 4 is 17.4 Å². The van der Waals surface area contributed by atoms with Crippen LogP contribution in [0.3, 0.4) is 0 Å². The zero-order valence-corrected chi connectivity index (χ0v) is 10.3. The first kappa shape index (κ1) is 12.3. The summed E-state index contributed by atoms with van der Waals surface area (Å²) in [7, 11) is 0. The molecule has 0 spiro atoms. The normalized spacial score (nSPS) is 11.5. The van der Waals surface area contributed by atoms with Gasteiger partial charge in [-0.2, -0.15) is 0 Å². The summed E-state index contributed by atoms with van der Waals surface area (Å²) in [6.07, 6.45) is 1.36. The van der Waals surface area contributed by atoms with Crippen molar-refractivity contribution in [1.82, 2.24) is 0 Å². The van der Waals surface area contributed by atoms with Crippen molar-refractivity contribution in [2.24, 2.45) is 5.41 Å². The lowest BCUT2D eigenvalue weighted by Crippen LogP contribution is -2.20. The number of ketones is 1. The molecule has 0 fully saturated rings. The summed E-state index contributed by atoms with van der Waals surface area (Å²) in [6, 6.07) is 7.68. The van der Waals surface area contributed by atoms with Gasteiger partial charge in [0, 0.05) is 16.9 Å². The molecule has 0 aliphatic heterocycles. The second-order valence-electron chi connectivity index (χ2n) is 4.80. The number of carbonyl (C=O) groups is 1. The van der Waals surface area contributed by atoms with Crippen LogP contribution >= 0.6 is 11.6 Å². The molecule has 1 rings (SSSR count). The predicted octanol–water partition coefficient (Wildman–Crippen LogP) is 3.89. The number of rotatable bonds is 3. The first-order valence-corrected chi connectivity index (χ1v) is 5.55. The maximum absolute atomic E-state index is 11.7. The SMILES string of the molecule is CC(C)(C)C(=O)CCc1cccc(Cl)c1. The van der Waals surface area contributed by atoms with Crippen LogP contribution in [0.4, 0.5) is 0 Å². The van der Waals surface area contributed by atoms with Gasteiger partial charge < -0.3 is 0 Å². The highest BCUT2D eigenvalue weighted by Crippen LogP contribution is 2.19. The molecule has 0 atom stereocenters. The van der Waals surface area contributed by atoms with E-state index in [0.29, 0.717) is 12.2 Å². The van der Waals surface area contributed by atoms with Crippen molar-refractivity contribution in [3.05, 3.63) is 34.9 Å². The van der Waals surface area contributed by atoms with Crippen LogP contribution in [0.5, 0.6) is 0 Å². The van der Waals surface area contributed by atoms with E-state index >= 15 is 0 Å². The lowest BCUT2D eigenvalue weighted by molar-refractivity contribution is -0.126. The van der Waals surface area contributed by atoms with Crippen LogP contribution < -0.4 is 0 Å². The highest BCUT2D eigenvalue weighted by molar-refractivity contribution is 6.30. The van der Waals surface area contributed by atoms with E-state index in [1.54, 1.807) is 0 Å². The molecule has 0 radical (unpaired) electrons. The van der Waals surface area contributed by atoms with E-state index in [4.69, 9.17) is 11.6 Å². The summed E-state index contributed by atoms with van der Waals surface area (Å²) >= 11 is 5.87. The molecular formula is C13H17ClO. The molecule has 0 heterocycles. The Morgan fingerprint density at radius 3 is 2.53 bits per heavy atom. The number of aryl methyl sites for hydroxylation is 1. The van der Waals surface area contributed by atoms with E-state index in [1.807, 2.05) is 45.0 Å². The highest BCUT2D eigenvalue weighted by Gasteiger charge is 2.20. The Bertz CT molecular complexity index is 350. The van der Waals surface area contributed by atoms with Gasteiger partial charge in [-0.25, -0.2) is 0 Å². The first-order chi connectivity index (χ1) is 6.89. The van der Waals surface area contributed by atoms with Crippen LogP contribution in [0.15, 0.2) is 24.3 Å². The van der Waals surface area contributed by atoms with Crippen molar-refractivity contribution in [2.75, 3.05) is 0 Å². The number of hydrogen-bond donors (Lipinski definition) is 0. The quantitative estimate of drug-likeness (QED) is 0.762. The number of Topliss-reactive ketones (excluding diaryl/α,β-unsaturated/α-hetero) is 1. The van der Waals surface area contributed by atoms with Gasteiger partial charge in [-0.3, -0.25) is 4.79 Å². The summed E-state index contributed by atoms with van der Waals surface area (Å²) in [4.78, 5) is 11.7. The molecule has 1 aromatic rings. The minimum absolute atomic E-state index is 0.238. The minimum atomic E-state index is -0.238. The summed E-state index contributed by atoms with van der Waals surface area (Å²) in [5, 5.41) is 0.732. The van der Waals surface area contributed by atoms with E-state index in [1.165, 1.54) is 0 Å². The van der Waals surface area contributed by atoms with E-state index in [9.17, 15) is 4.79 Å². The molecule has 0 amide bonds. The fourth-order valence-electron chi connectivity index (χ4n) is 1.33. The van der Waals surface area contributed by atoms with Gasteiger partial charge in [0.15, 0.2) is 0 Å². The maximum Gasteiger partial charge on any atom is 0.138 e. The van der Waals surface area contributed by atoms with Gasteiger partial charge in [0.2, 0.25) is 0 Å². The van der Waals surface area contributed by atoms with Crippen molar-refractivity contribution in [3.63, 3.8) is 0 Å². The Balaban J connectivity index is 2.55. The van der Waals surface area contributed by atoms with E-state index < -0.39 is 0 Å². The molecule has 0 aliphatic carbocycles. The third kappa shape index (κ3) is 4.05. The lowest BCUT2D eigenvalue weighted by atomic mass is 9.87. The van der Waals surface area contributed by atoms with Crippen LogP contribution in [0.1, 0.15) is 32.8 Å². The highest BCUT2D eigenvalue weighted by atomic mass is 35.5. The summed E-state index contributed by atoms with van der Waals surface area (Å²) in [6.45, 7) is 5.86. The molecule has 0 unspecified atom stereocenters. The molecule has 2 heteroatoms. The van der Waals surface area contributed by atoms with Gasteiger partial charge >= 0.3 is 0 Å². The number of benzene rings is 1. The molecule has 82 valence electrons. The van der Waals surface area contributed by atoms with Crippen molar-refractivity contribution in [1.29, 1.82) is 0 Å². The molecule has 0 N–H and O–H groups in total. The van der Waals surface area contributed by atoms with Crippen LogP contribution in [0, 0.1) is 5.41 Å². The fourth-order valence-corrected chi connectivity index (χ4v) is 1.54. The van der Waals surface area contributed by atoms with Crippen LogP contribution in [-0.2, 0) is 11.2 Å². The Hall–Kier alpha value is -0.820. The first-order valence-electron chi connectivity index (χ1n) is 5.17. The third-order valence-electron chi connectivity index (χ3n) is 2.37. The molecule has 0 aliphatic rings. The number of carbonyl (C=O) groups excluding carboxylic acids is 1. The van der Waals surface area contributed by atoms with Crippen molar-refractivity contribution in [2.45, 2.75) is 33.6 Å². The van der Waals surface area contributed by atoms with Crippen molar-refractivity contribution in [3.8, 4) is 0 Å². The second-order valence-corrected chi connectivity index (χ2v) is 5.24. The summed E-state index contributed by atoms with van der Waals surface area (Å²) in [5.74, 6) is 0.294.